The van der Waals surface area contributed by atoms with Gasteiger partial charge in [-0.1, -0.05) is 46.8 Å². The lowest BCUT2D eigenvalue weighted by Gasteiger charge is -2.31. The van der Waals surface area contributed by atoms with Crippen molar-refractivity contribution in [1.82, 2.24) is 5.32 Å². The van der Waals surface area contributed by atoms with Crippen molar-refractivity contribution in [1.29, 1.82) is 0 Å². The Hall–Kier alpha value is -1.02. The van der Waals surface area contributed by atoms with Gasteiger partial charge in [-0.25, -0.2) is 0 Å². The Labute approximate surface area is 118 Å². The number of hydrogen-bond acceptors (Lipinski definition) is 2. The third-order valence-corrected chi connectivity index (χ3v) is 3.41. The fourth-order valence-electron chi connectivity index (χ4n) is 1.97. The first kappa shape index (κ1) is 16.0. The van der Waals surface area contributed by atoms with Crippen LogP contribution in [-0.2, 0) is 6.42 Å². The molecule has 1 unspecified atom stereocenters. The van der Waals surface area contributed by atoms with E-state index in [1.807, 2.05) is 6.07 Å². The van der Waals surface area contributed by atoms with Gasteiger partial charge in [0.15, 0.2) is 0 Å². The minimum Gasteiger partial charge on any atom is -0.492 e. The van der Waals surface area contributed by atoms with E-state index >= 15 is 0 Å². The van der Waals surface area contributed by atoms with E-state index in [-0.39, 0.29) is 5.41 Å². The summed E-state index contributed by atoms with van der Waals surface area (Å²) in [5, 5.41) is 3.58. The van der Waals surface area contributed by atoms with E-state index in [0.29, 0.717) is 6.04 Å². The van der Waals surface area contributed by atoms with Crippen molar-refractivity contribution in [3.63, 3.8) is 0 Å². The number of nitrogens with one attached hydrogen (secondary N) is 1. The summed E-state index contributed by atoms with van der Waals surface area (Å²) in [6, 6.07) is 8.76. The highest BCUT2D eigenvalue weighted by Crippen LogP contribution is 2.21. The first-order chi connectivity index (χ1) is 8.97. The molecule has 0 spiro atoms. The third kappa shape index (κ3) is 5.65. The van der Waals surface area contributed by atoms with Crippen molar-refractivity contribution in [3.05, 3.63) is 29.8 Å². The van der Waals surface area contributed by atoms with Crippen LogP contribution in [0.15, 0.2) is 24.3 Å². The van der Waals surface area contributed by atoms with E-state index < -0.39 is 0 Å². The number of ether oxygens (including phenoxy) is 1. The van der Waals surface area contributed by atoms with Crippen molar-refractivity contribution >= 4 is 0 Å². The summed E-state index contributed by atoms with van der Waals surface area (Å²) < 4.78 is 5.97. The molecule has 1 N–H and O–H groups in total. The molecule has 0 bridgehead atoms. The van der Waals surface area contributed by atoms with Crippen molar-refractivity contribution < 1.29 is 4.74 Å². The second-order valence-corrected chi connectivity index (χ2v) is 6.18. The summed E-state index contributed by atoms with van der Waals surface area (Å²) in [5.74, 6) is 0.979. The molecule has 0 radical (unpaired) electrons. The highest BCUT2D eigenvalue weighted by molar-refractivity contribution is 5.28. The molecule has 1 atom stereocenters. The zero-order valence-electron chi connectivity index (χ0n) is 13.1. The lowest BCUT2D eigenvalue weighted by molar-refractivity contribution is 0.174. The first-order valence-corrected chi connectivity index (χ1v) is 7.42. The fourth-order valence-corrected chi connectivity index (χ4v) is 1.97. The number of aryl methyl sites for hydroxylation is 1. The van der Waals surface area contributed by atoms with Crippen LogP contribution < -0.4 is 10.1 Å². The molecular formula is C17H29NO. The predicted molar refractivity (Wildman–Crippen MR) is 82.9 cm³/mol. The van der Waals surface area contributed by atoms with Crippen LogP contribution in [0.25, 0.3) is 0 Å². The number of benzene rings is 1. The molecule has 0 saturated heterocycles. The van der Waals surface area contributed by atoms with E-state index in [1.165, 1.54) is 5.56 Å². The van der Waals surface area contributed by atoms with Crippen LogP contribution >= 0.6 is 0 Å². The third-order valence-electron chi connectivity index (χ3n) is 3.41. The maximum absolute atomic E-state index is 5.97. The van der Waals surface area contributed by atoms with Crippen molar-refractivity contribution in [2.45, 2.75) is 53.5 Å². The van der Waals surface area contributed by atoms with Crippen LogP contribution in [0.2, 0.25) is 0 Å². The Bertz CT molecular complexity index is 368. The van der Waals surface area contributed by atoms with Gasteiger partial charge in [-0.05, 0) is 42.5 Å². The topological polar surface area (TPSA) is 21.3 Å². The monoisotopic (exact) mass is 263 g/mol. The minimum atomic E-state index is 0.206. The zero-order valence-corrected chi connectivity index (χ0v) is 13.1. The average molecular weight is 263 g/mol. The van der Waals surface area contributed by atoms with E-state index in [2.05, 4.69) is 58.1 Å². The molecule has 0 aromatic heterocycles. The van der Waals surface area contributed by atoms with Gasteiger partial charge in [0.05, 0.1) is 0 Å². The van der Waals surface area contributed by atoms with Gasteiger partial charge in [-0.3, -0.25) is 0 Å². The molecule has 0 heterocycles. The highest BCUT2D eigenvalue weighted by atomic mass is 16.5. The van der Waals surface area contributed by atoms with Crippen molar-refractivity contribution in [2.24, 2.45) is 5.41 Å². The molecule has 2 heteroatoms. The molecule has 1 rings (SSSR count). The Morgan fingerprint density at radius 1 is 1.21 bits per heavy atom. The standard InChI is InChI=1S/C17H29NO/c1-6-11-18-16(17(3,4)5)13-19-15-10-8-9-14(7-2)12-15/h8-10,12,16,18H,6-7,11,13H2,1-5H3. The molecule has 0 aliphatic carbocycles. The SMILES string of the molecule is CCCNC(COc1cccc(CC)c1)C(C)(C)C. The Kier molecular flexibility index (Phi) is 6.36. The maximum Gasteiger partial charge on any atom is 0.119 e. The van der Waals surface area contributed by atoms with Gasteiger partial charge in [-0.15, -0.1) is 0 Å². The quantitative estimate of drug-likeness (QED) is 0.801. The first-order valence-electron chi connectivity index (χ1n) is 7.42. The van der Waals surface area contributed by atoms with Crippen molar-refractivity contribution in [2.75, 3.05) is 13.2 Å². The minimum absolute atomic E-state index is 0.206. The molecule has 2 nitrogen and oxygen atoms in total. The van der Waals surface area contributed by atoms with Crippen molar-refractivity contribution in [3.8, 4) is 5.75 Å². The fraction of sp³-hybridized carbons (Fsp3) is 0.647. The van der Waals surface area contributed by atoms with Gasteiger partial charge < -0.3 is 10.1 Å². The summed E-state index contributed by atoms with van der Waals surface area (Å²) in [6.45, 7) is 12.9. The maximum atomic E-state index is 5.97. The Morgan fingerprint density at radius 2 is 1.95 bits per heavy atom. The second-order valence-electron chi connectivity index (χ2n) is 6.18. The second kappa shape index (κ2) is 7.54. The van der Waals surface area contributed by atoms with Crippen LogP contribution in [0.5, 0.6) is 5.75 Å². The van der Waals surface area contributed by atoms with E-state index in [9.17, 15) is 0 Å². The van der Waals surface area contributed by atoms with E-state index in [1.54, 1.807) is 0 Å². The summed E-state index contributed by atoms with van der Waals surface area (Å²) in [7, 11) is 0. The lowest BCUT2D eigenvalue weighted by atomic mass is 9.87. The average Bonchev–Trinajstić information content (AvgIpc) is 2.37. The normalized spacial score (nSPS) is 13.3. The Morgan fingerprint density at radius 3 is 2.53 bits per heavy atom. The van der Waals surface area contributed by atoms with Gasteiger partial charge in [0.1, 0.15) is 12.4 Å². The summed E-state index contributed by atoms with van der Waals surface area (Å²) in [5.41, 5.74) is 1.53. The van der Waals surface area contributed by atoms with E-state index in [0.717, 1.165) is 31.7 Å². The van der Waals surface area contributed by atoms with Gasteiger partial charge >= 0.3 is 0 Å². The lowest BCUT2D eigenvalue weighted by Crippen LogP contribution is -2.45. The van der Waals surface area contributed by atoms with E-state index in [4.69, 9.17) is 4.74 Å². The molecule has 0 fully saturated rings. The number of rotatable bonds is 7. The van der Waals surface area contributed by atoms with Crippen LogP contribution in [0.1, 0.15) is 46.6 Å². The summed E-state index contributed by atoms with van der Waals surface area (Å²) in [4.78, 5) is 0. The Balaban J connectivity index is 2.59. The van der Waals surface area contributed by atoms with Crippen LogP contribution in [-0.4, -0.2) is 19.2 Å². The molecule has 108 valence electrons. The zero-order chi connectivity index (χ0) is 14.3. The molecule has 0 saturated carbocycles. The molecule has 0 aliphatic heterocycles. The van der Waals surface area contributed by atoms with Gasteiger partial charge in [0.2, 0.25) is 0 Å². The smallest absolute Gasteiger partial charge is 0.119 e. The van der Waals surface area contributed by atoms with Gasteiger partial charge in [0, 0.05) is 6.04 Å². The largest absolute Gasteiger partial charge is 0.492 e. The number of hydrogen-bond donors (Lipinski definition) is 1. The molecule has 19 heavy (non-hydrogen) atoms. The predicted octanol–water partition coefficient (Wildman–Crippen LogP) is 4.04. The molecule has 0 aliphatic rings. The molecule has 1 aromatic rings. The molecule has 1 aromatic carbocycles. The van der Waals surface area contributed by atoms with Crippen LogP contribution in [0.3, 0.4) is 0 Å². The van der Waals surface area contributed by atoms with Gasteiger partial charge in [0.25, 0.3) is 0 Å². The summed E-state index contributed by atoms with van der Waals surface area (Å²) >= 11 is 0. The molecular weight excluding hydrogens is 234 g/mol. The van der Waals surface area contributed by atoms with Crippen LogP contribution in [0.4, 0.5) is 0 Å². The summed E-state index contributed by atoms with van der Waals surface area (Å²) in [6.07, 6.45) is 2.20. The van der Waals surface area contributed by atoms with Crippen LogP contribution in [0, 0.1) is 5.41 Å². The van der Waals surface area contributed by atoms with Gasteiger partial charge in [-0.2, -0.15) is 0 Å². The molecule has 0 amide bonds. The highest BCUT2D eigenvalue weighted by Gasteiger charge is 2.24.